The molecule has 1 atom stereocenters. The molecule has 34 heavy (non-hydrogen) atoms. The van der Waals surface area contributed by atoms with Gasteiger partial charge in [0.1, 0.15) is 17.3 Å². The van der Waals surface area contributed by atoms with E-state index in [2.05, 4.69) is 9.71 Å². The molecule has 0 saturated heterocycles. The number of sulfonamides is 1. The Hall–Kier alpha value is -2.95. The lowest BCUT2D eigenvalue weighted by Gasteiger charge is -2.23. The Morgan fingerprint density at radius 2 is 1.68 bits per heavy atom. The molecule has 0 fully saturated rings. The number of guanidine groups is 1. The number of esters is 1. The number of Topliss-reactive ketones (excluding diaryl/α,β-unsaturated/α-hetero) is 1. The highest BCUT2D eigenvalue weighted by atomic mass is 32.2. The number of ether oxygens (including phenoxy) is 1. The fourth-order valence-corrected chi connectivity index (χ4v) is 3.93. The van der Waals surface area contributed by atoms with Crippen molar-refractivity contribution < 1.29 is 32.6 Å². The quantitative estimate of drug-likeness (QED) is 0.123. The number of hydrogen-bond acceptors (Lipinski definition) is 7. The summed E-state index contributed by atoms with van der Waals surface area (Å²) in [7, 11) is -3.87. The molecule has 11 heteroatoms. The summed E-state index contributed by atoms with van der Waals surface area (Å²) in [5.74, 6) is -3.21. The number of aryl methyl sites for hydroxylation is 1. The smallest absolute Gasteiger partial charge is 0.316 e. The number of aliphatic imine (C=N–C) groups is 1. The molecule has 0 amide bonds. The Labute approximate surface area is 201 Å². The van der Waals surface area contributed by atoms with Crippen LogP contribution in [0.25, 0.3) is 0 Å². The van der Waals surface area contributed by atoms with Gasteiger partial charge in [0.2, 0.25) is 5.96 Å². The molecule has 1 aromatic rings. The molecule has 0 aromatic heterocycles. The van der Waals surface area contributed by atoms with Crippen molar-refractivity contribution in [2.45, 2.75) is 76.7 Å². The number of aliphatic carboxylic acids is 1. The van der Waals surface area contributed by atoms with E-state index in [1.165, 1.54) is 12.1 Å². The molecule has 0 heterocycles. The second-order valence-electron chi connectivity index (χ2n) is 8.98. The third kappa shape index (κ3) is 11.3. The van der Waals surface area contributed by atoms with E-state index >= 15 is 0 Å². The van der Waals surface area contributed by atoms with E-state index < -0.39 is 33.5 Å². The van der Waals surface area contributed by atoms with Crippen molar-refractivity contribution in [2.75, 3.05) is 6.54 Å². The van der Waals surface area contributed by atoms with E-state index in [1.807, 2.05) is 6.92 Å². The van der Waals surface area contributed by atoms with Gasteiger partial charge in [-0.2, -0.15) is 0 Å². The molecule has 1 unspecified atom stereocenters. The molecule has 0 radical (unpaired) electrons. The molecule has 1 rings (SSSR count). The standard InChI is InChI=1S/C23H35N3O7S/c1-16-11-13-17(14-12-16)34(31,32)26-22(24)25-15-7-8-18(21(30)33-23(2,3)4)19(27)9-5-6-10-20(28)29/h11-14,18H,5-10,15H2,1-4H3,(H,28,29)(H3,24,25,26). The highest BCUT2D eigenvalue weighted by Crippen LogP contribution is 2.19. The number of carboxylic acids is 1. The topological polar surface area (TPSA) is 165 Å². The van der Waals surface area contributed by atoms with Gasteiger partial charge in [-0.05, 0) is 65.5 Å². The summed E-state index contributed by atoms with van der Waals surface area (Å²) in [5.41, 5.74) is 5.85. The summed E-state index contributed by atoms with van der Waals surface area (Å²) in [5, 5.41) is 8.71. The zero-order valence-electron chi connectivity index (χ0n) is 20.2. The van der Waals surface area contributed by atoms with E-state index in [0.29, 0.717) is 12.8 Å². The lowest BCUT2D eigenvalue weighted by Crippen LogP contribution is -2.37. The van der Waals surface area contributed by atoms with E-state index in [0.717, 1.165) is 5.56 Å². The van der Waals surface area contributed by atoms with Gasteiger partial charge in [0.15, 0.2) is 0 Å². The second-order valence-corrected chi connectivity index (χ2v) is 10.7. The Kier molecular flexibility index (Phi) is 11.2. The van der Waals surface area contributed by atoms with Crippen molar-refractivity contribution in [1.29, 1.82) is 0 Å². The van der Waals surface area contributed by atoms with Gasteiger partial charge in [-0.1, -0.05) is 17.7 Å². The van der Waals surface area contributed by atoms with Crippen molar-refractivity contribution in [3.05, 3.63) is 29.8 Å². The van der Waals surface area contributed by atoms with E-state index in [4.69, 9.17) is 15.6 Å². The number of nitrogens with one attached hydrogen (secondary N) is 1. The minimum Gasteiger partial charge on any atom is -0.481 e. The van der Waals surface area contributed by atoms with Gasteiger partial charge in [-0.15, -0.1) is 0 Å². The minimum atomic E-state index is -3.87. The van der Waals surface area contributed by atoms with Crippen LogP contribution in [0.1, 0.15) is 64.9 Å². The molecule has 1 aromatic carbocycles. The van der Waals surface area contributed by atoms with Crippen LogP contribution < -0.4 is 10.5 Å². The largest absolute Gasteiger partial charge is 0.481 e. The zero-order valence-corrected chi connectivity index (χ0v) is 21.0. The van der Waals surface area contributed by atoms with E-state index in [-0.39, 0.29) is 48.9 Å². The number of nitrogens with zero attached hydrogens (tertiary/aromatic N) is 1. The maximum absolute atomic E-state index is 12.6. The van der Waals surface area contributed by atoms with Crippen LogP contribution in [0.15, 0.2) is 34.2 Å². The molecule has 0 aliphatic carbocycles. The van der Waals surface area contributed by atoms with Gasteiger partial charge in [-0.25, -0.2) is 13.1 Å². The number of rotatable bonds is 13. The van der Waals surface area contributed by atoms with Gasteiger partial charge in [0.25, 0.3) is 10.0 Å². The zero-order chi connectivity index (χ0) is 25.9. The molecule has 190 valence electrons. The van der Waals surface area contributed by atoms with E-state index in [9.17, 15) is 22.8 Å². The first-order chi connectivity index (χ1) is 15.7. The molecule has 0 spiro atoms. The average Bonchev–Trinajstić information content (AvgIpc) is 2.69. The van der Waals surface area contributed by atoms with Crippen molar-refractivity contribution in [3.8, 4) is 0 Å². The predicted molar refractivity (Wildman–Crippen MR) is 128 cm³/mol. The van der Waals surface area contributed by atoms with Crippen LogP contribution in [-0.4, -0.2) is 49.4 Å². The summed E-state index contributed by atoms with van der Waals surface area (Å²) >= 11 is 0. The van der Waals surface area contributed by atoms with Crippen LogP contribution in [0, 0.1) is 12.8 Å². The number of unbranched alkanes of at least 4 members (excludes halogenated alkanes) is 1. The molecule has 4 N–H and O–H groups in total. The highest BCUT2D eigenvalue weighted by Gasteiger charge is 2.30. The Morgan fingerprint density at radius 1 is 1.09 bits per heavy atom. The normalized spacial score (nSPS) is 13.2. The first-order valence-electron chi connectivity index (χ1n) is 11.1. The number of ketones is 1. The van der Waals surface area contributed by atoms with Gasteiger partial charge in [0.05, 0.1) is 4.90 Å². The fourth-order valence-electron chi connectivity index (χ4n) is 2.97. The van der Waals surface area contributed by atoms with Crippen LogP contribution in [0.4, 0.5) is 0 Å². The van der Waals surface area contributed by atoms with Gasteiger partial charge in [0, 0.05) is 19.4 Å². The maximum atomic E-state index is 12.6. The monoisotopic (exact) mass is 497 g/mol. The summed E-state index contributed by atoms with van der Waals surface area (Å²) in [4.78, 5) is 39.8. The van der Waals surface area contributed by atoms with Crippen LogP contribution in [0.3, 0.4) is 0 Å². The van der Waals surface area contributed by atoms with Crippen LogP contribution in [0.5, 0.6) is 0 Å². The van der Waals surface area contributed by atoms with Crippen LogP contribution in [0.2, 0.25) is 0 Å². The van der Waals surface area contributed by atoms with Crippen molar-refractivity contribution in [3.63, 3.8) is 0 Å². The lowest BCUT2D eigenvalue weighted by molar-refractivity contribution is -0.162. The van der Waals surface area contributed by atoms with E-state index in [1.54, 1.807) is 32.9 Å². The third-order valence-electron chi connectivity index (χ3n) is 4.65. The Balaban J connectivity index is 2.70. The summed E-state index contributed by atoms with van der Waals surface area (Å²) in [6, 6.07) is 6.24. The van der Waals surface area contributed by atoms with Crippen LogP contribution in [-0.2, 0) is 29.1 Å². The molecular weight excluding hydrogens is 462 g/mol. The molecule has 0 aliphatic heterocycles. The summed E-state index contributed by atoms with van der Waals surface area (Å²) in [6.45, 7) is 7.03. The summed E-state index contributed by atoms with van der Waals surface area (Å²) < 4.78 is 32.3. The maximum Gasteiger partial charge on any atom is 0.316 e. The average molecular weight is 498 g/mol. The van der Waals surface area contributed by atoms with Crippen molar-refractivity contribution in [1.82, 2.24) is 4.72 Å². The minimum absolute atomic E-state index is 0.0448. The predicted octanol–water partition coefficient (Wildman–Crippen LogP) is 2.54. The first kappa shape index (κ1) is 29.1. The number of carboxylic acid groups (broad SMARTS) is 1. The third-order valence-corrected chi connectivity index (χ3v) is 6.02. The number of nitrogens with two attached hydrogens (primary N) is 1. The second kappa shape index (κ2) is 13.1. The van der Waals surface area contributed by atoms with Crippen LogP contribution >= 0.6 is 0 Å². The highest BCUT2D eigenvalue weighted by molar-refractivity contribution is 7.90. The molecular formula is C23H35N3O7S. The SMILES string of the molecule is Cc1ccc(S(=O)(=O)NC(N)=NCCCC(C(=O)CCCCC(=O)O)C(=O)OC(C)(C)C)cc1. The molecule has 10 nitrogen and oxygen atoms in total. The van der Waals surface area contributed by atoms with Crippen molar-refractivity contribution in [2.24, 2.45) is 16.6 Å². The number of carbonyl (C=O) groups is 3. The first-order valence-corrected chi connectivity index (χ1v) is 12.6. The molecule has 0 bridgehead atoms. The Morgan fingerprint density at radius 3 is 2.24 bits per heavy atom. The van der Waals surface area contributed by atoms with Crippen molar-refractivity contribution >= 4 is 33.7 Å². The van der Waals surface area contributed by atoms with Gasteiger partial charge < -0.3 is 15.6 Å². The molecule has 0 saturated carbocycles. The lowest BCUT2D eigenvalue weighted by atomic mass is 9.94. The van der Waals surface area contributed by atoms with Gasteiger partial charge in [-0.3, -0.25) is 19.4 Å². The number of benzene rings is 1. The summed E-state index contributed by atoms with van der Waals surface area (Å²) in [6.07, 6.45) is 1.15. The van der Waals surface area contributed by atoms with Gasteiger partial charge >= 0.3 is 11.9 Å². The number of carbonyl (C=O) groups excluding carboxylic acids is 2. The Bertz CT molecular complexity index is 981. The number of hydrogen-bond donors (Lipinski definition) is 3. The molecule has 0 aliphatic rings. The fraction of sp³-hybridized carbons (Fsp3) is 0.565.